The standard InChI is InChI=1S/C24H37N3OSi/c1-19(2)9-8-13-24(3,17-25)21-10-11-22(26-4)20-12-14-27(23(20)21)18-28-15-16-29(5,6)7/h9-12,14,26H,8,13,15-16,18H2,1-7H3. The van der Waals surface area contributed by atoms with Gasteiger partial charge in [0.1, 0.15) is 6.73 Å². The molecule has 0 radical (unpaired) electrons. The maximum atomic E-state index is 10.1. The number of anilines is 1. The van der Waals surface area contributed by atoms with Crippen LogP contribution < -0.4 is 5.32 Å². The average Bonchev–Trinajstić information content (AvgIpc) is 3.07. The van der Waals surface area contributed by atoms with Crippen LogP contribution in [0, 0.1) is 11.3 Å². The van der Waals surface area contributed by atoms with E-state index in [9.17, 15) is 5.26 Å². The Hall–Kier alpha value is -2.03. The van der Waals surface area contributed by atoms with Crippen molar-refractivity contribution in [1.82, 2.24) is 4.57 Å². The summed E-state index contributed by atoms with van der Waals surface area (Å²) in [5, 5.41) is 14.5. The lowest BCUT2D eigenvalue weighted by Gasteiger charge is -2.25. The highest BCUT2D eigenvalue weighted by Gasteiger charge is 2.29. The molecule has 29 heavy (non-hydrogen) atoms. The second-order valence-corrected chi connectivity index (χ2v) is 15.2. The van der Waals surface area contributed by atoms with E-state index >= 15 is 0 Å². The predicted molar refractivity (Wildman–Crippen MR) is 127 cm³/mol. The Kier molecular flexibility index (Phi) is 7.73. The van der Waals surface area contributed by atoms with E-state index < -0.39 is 13.5 Å². The fraction of sp³-hybridized carbons (Fsp3) is 0.542. The van der Waals surface area contributed by atoms with Crippen LogP contribution in [0.4, 0.5) is 5.69 Å². The van der Waals surface area contributed by atoms with Gasteiger partial charge in [-0.2, -0.15) is 5.26 Å². The molecule has 0 aliphatic rings. The third-order valence-corrected chi connectivity index (χ3v) is 7.16. The Morgan fingerprint density at radius 1 is 1.28 bits per heavy atom. The molecule has 0 spiro atoms. The fourth-order valence-electron chi connectivity index (χ4n) is 3.54. The Morgan fingerprint density at radius 3 is 2.59 bits per heavy atom. The van der Waals surface area contributed by atoms with Gasteiger partial charge in [-0.05, 0) is 57.4 Å². The predicted octanol–water partition coefficient (Wildman–Crippen LogP) is 6.52. The number of fused-ring (bicyclic) bond motifs is 1. The first-order valence-electron chi connectivity index (χ1n) is 10.5. The summed E-state index contributed by atoms with van der Waals surface area (Å²) in [6.07, 6.45) is 5.99. The lowest BCUT2D eigenvalue weighted by molar-refractivity contribution is 0.0901. The van der Waals surface area contributed by atoms with Crippen LogP contribution in [0.15, 0.2) is 36.0 Å². The van der Waals surface area contributed by atoms with E-state index in [0.29, 0.717) is 6.73 Å². The van der Waals surface area contributed by atoms with Crippen LogP contribution in [0.3, 0.4) is 0 Å². The maximum Gasteiger partial charge on any atom is 0.122 e. The topological polar surface area (TPSA) is 50.0 Å². The van der Waals surface area contributed by atoms with Gasteiger partial charge in [-0.25, -0.2) is 0 Å². The first kappa shape index (κ1) is 23.2. The monoisotopic (exact) mass is 411 g/mol. The van der Waals surface area contributed by atoms with E-state index in [2.05, 4.69) is 86.8 Å². The van der Waals surface area contributed by atoms with Crippen LogP contribution >= 0.6 is 0 Å². The molecule has 0 bridgehead atoms. The highest BCUT2D eigenvalue weighted by molar-refractivity contribution is 6.76. The summed E-state index contributed by atoms with van der Waals surface area (Å²) in [5.41, 5.74) is 4.00. The fourth-order valence-corrected chi connectivity index (χ4v) is 4.29. The molecule has 0 fully saturated rings. The van der Waals surface area contributed by atoms with Crippen LogP contribution in [-0.4, -0.2) is 26.3 Å². The molecule has 1 aromatic heterocycles. The van der Waals surface area contributed by atoms with Crippen molar-refractivity contribution >= 4 is 24.7 Å². The summed E-state index contributed by atoms with van der Waals surface area (Å²) in [6, 6.07) is 10.1. The van der Waals surface area contributed by atoms with Crippen molar-refractivity contribution < 1.29 is 4.74 Å². The quantitative estimate of drug-likeness (QED) is 0.275. The van der Waals surface area contributed by atoms with Gasteiger partial charge >= 0.3 is 0 Å². The number of hydrogen-bond acceptors (Lipinski definition) is 3. The molecular formula is C24H37N3OSi. The number of nitriles is 1. The molecule has 0 amide bonds. The largest absolute Gasteiger partial charge is 0.388 e. The van der Waals surface area contributed by atoms with Crippen LogP contribution in [0.5, 0.6) is 0 Å². The first-order valence-corrected chi connectivity index (χ1v) is 14.2. The van der Waals surface area contributed by atoms with E-state index in [1.165, 1.54) is 5.57 Å². The van der Waals surface area contributed by atoms with Crippen molar-refractivity contribution in [2.75, 3.05) is 19.0 Å². The highest BCUT2D eigenvalue weighted by Crippen LogP contribution is 2.37. The third-order valence-electron chi connectivity index (χ3n) is 5.46. The minimum atomic E-state index is -1.11. The Bertz CT molecular complexity index is 897. The molecule has 1 heterocycles. The molecule has 1 aromatic carbocycles. The molecule has 1 atom stereocenters. The van der Waals surface area contributed by atoms with Gasteiger partial charge in [0, 0.05) is 39.0 Å². The first-order chi connectivity index (χ1) is 13.6. The third kappa shape index (κ3) is 5.97. The van der Waals surface area contributed by atoms with Gasteiger partial charge in [0.25, 0.3) is 0 Å². The number of benzene rings is 1. The minimum absolute atomic E-state index is 0.517. The molecule has 4 nitrogen and oxygen atoms in total. The molecule has 2 aromatic rings. The van der Waals surface area contributed by atoms with E-state index in [1.807, 2.05) is 7.05 Å². The van der Waals surface area contributed by atoms with Crippen molar-refractivity contribution in [2.45, 2.75) is 71.4 Å². The summed E-state index contributed by atoms with van der Waals surface area (Å²) in [6.45, 7) is 14.7. The lowest BCUT2D eigenvalue weighted by atomic mass is 9.78. The van der Waals surface area contributed by atoms with E-state index in [4.69, 9.17) is 4.74 Å². The van der Waals surface area contributed by atoms with Crippen molar-refractivity contribution in [3.8, 4) is 6.07 Å². The van der Waals surface area contributed by atoms with Gasteiger partial charge in [0.2, 0.25) is 0 Å². The molecule has 0 saturated carbocycles. The molecule has 1 unspecified atom stereocenters. The summed E-state index contributed by atoms with van der Waals surface area (Å²) >= 11 is 0. The summed E-state index contributed by atoms with van der Waals surface area (Å²) in [7, 11) is 0.828. The highest BCUT2D eigenvalue weighted by atomic mass is 28.3. The van der Waals surface area contributed by atoms with E-state index in [0.717, 1.165) is 47.6 Å². The zero-order chi connectivity index (χ0) is 21.7. The second kappa shape index (κ2) is 9.64. The van der Waals surface area contributed by atoms with Crippen LogP contribution in [0.2, 0.25) is 25.7 Å². The number of nitrogens with one attached hydrogen (secondary N) is 1. The van der Waals surface area contributed by atoms with Gasteiger partial charge in [-0.3, -0.25) is 0 Å². The average molecular weight is 412 g/mol. The summed E-state index contributed by atoms with van der Waals surface area (Å²) in [5.74, 6) is 0. The van der Waals surface area contributed by atoms with Crippen LogP contribution in [0.25, 0.3) is 10.9 Å². The van der Waals surface area contributed by atoms with E-state index in [1.54, 1.807) is 0 Å². The minimum Gasteiger partial charge on any atom is -0.388 e. The number of hydrogen-bond donors (Lipinski definition) is 1. The Balaban J connectivity index is 2.40. The van der Waals surface area contributed by atoms with Crippen LogP contribution in [-0.2, 0) is 16.9 Å². The normalized spacial score (nSPS) is 13.7. The van der Waals surface area contributed by atoms with Crippen molar-refractivity contribution in [1.29, 1.82) is 5.26 Å². The van der Waals surface area contributed by atoms with E-state index in [-0.39, 0.29) is 0 Å². The molecule has 0 saturated heterocycles. The van der Waals surface area contributed by atoms with Gasteiger partial charge in [0.05, 0.1) is 17.0 Å². The van der Waals surface area contributed by atoms with Gasteiger partial charge in [-0.1, -0.05) is 37.4 Å². The van der Waals surface area contributed by atoms with Crippen molar-refractivity contribution in [3.05, 3.63) is 41.6 Å². The molecular weight excluding hydrogens is 374 g/mol. The molecule has 158 valence electrons. The Labute approximate surface area is 177 Å². The second-order valence-electron chi connectivity index (χ2n) is 9.57. The summed E-state index contributed by atoms with van der Waals surface area (Å²) < 4.78 is 8.19. The molecule has 2 rings (SSSR count). The lowest BCUT2D eigenvalue weighted by Crippen LogP contribution is -2.22. The number of rotatable bonds is 10. The number of nitrogens with zero attached hydrogens (tertiary/aromatic N) is 2. The van der Waals surface area contributed by atoms with Crippen molar-refractivity contribution in [3.63, 3.8) is 0 Å². The summed E-state index contributed by atoms with van der Waals surface area (Å²) in [4.78, 5) is 0. The Morgan fingerprint density at radius 2 is 2.00 bits per heavy atom. The smallest absolute Gasteiger partial charge is 0.122 e. The number of allylic oxidation sites excluding steroid dienone is 2. The zero-order valence-corrected chi connectivity index (χ0v) is 20.2. The SMILES string of the molecule is CNc1ccc(C(C)(C#N)CCC=C(C)C)c2c1ccn2COCC[Si](C)(C)C. The van der Waals surface area contributed by atoms with Gasteiger partial charge in [-0.15, -0.1) is 0 Å². The molecule has 5 heteroatoms. The molecule has 0 aliphatic carbocycles. The van der Waals surface area contributed by atoms with Crippen LogP contribution in [0.1, 0.15) is 39.2 Å². The number of ether oxygens (including phenoxy) is 1. The van der Waals surface area contributed by atoms with Crippen molar-refractivity contribution in [2.24, 2.45) is 0 Å². The number of aromatic nitrogens is 1. The maximum absolute atomic E-state index is 10.1. The molecule has 1 N–H and O–H groups in total. The molecule has 0 aliphatic heterocycles. The van der Waals surface area contributed by atoms with Gasteiger partial charge in [0.15, 0.2) is 0 Å². The van der Waals surface area contributed by atoms with Gasteiger partial charge < -0.3 is 14.6 Å². The zero-order valence-electron chi connectivity index (χ0n) is 19.2.